The molecule has 0 bridgehead atoms. The van der Waals surface area contributed by atoms with Crippen LogP contribution >= 0.6 is 0 Å². The molecule has 130 valence electrons. The van der Waals surface area contributed by atoms with Crippen LogP contribution in [0.25, 0.3) is 0 Å². The van der Waals surface area contributed by atoms with E-state index in [2.05, 4.69) is 4.98 Å². The van der Waals surface area contributed by atoms with Gasteiger partial charge in [0.15, 0.2) is 17.7 Å². The zero-order chi connectivity index (χ0) is 17.1. The fraction of sp³-hybridized carbons (Fsp3) is 0.588. The molecular formula is C17H24N4O3. The van der Waals surface area contributed by atoms with E-state index in [4.69, 9.17) is 10.5 Å². The van der Waals surface area contributed by atoms with Crippen molar-refractivity contribution in [2.75, 3.05) is 30.3 Å². The highest BCUT2D eigenvalue weighted by Crippen LogP contribution is 2.33. The maximum Gasteiger partial charge on any atom is 0.269 e. The zero-order valence-corrected chi connectivity index (χ0v) is 14.0. The number of ether oxygens (including phenoxy) is 1. The maximum absolute atomic E-state index is 12.7. The molecule has 1 atom stereocenters. The summed E-state index contributed by atoms with van der Waals surface area (Å²) in [4.78, 5) is 32.8. The first-order chi connectivity index (χ1) is 11.6. The van der Waals surface area contributed by atoms with Crippen molar-refractivity contribution in [2.24, 2.45) is 0 Å². The molecule has 2 N–H and O–H groups in total. The molecule has 3 heterocycles. The molecule has 2 amide bonds. The SMILES string of the molecule is CCC1Oc2ccc(N)nc2N(CC(=O)N2CCCCCC2)C1=O. The molecule has 7 nitrogen and oxygen atoms in total. The number of anilines is 2. The first-order valence-corrected chi connectivity index (χ1v) is 8.62. The largest absolute Gasteiger partial charge is 0.477 e. The lowest BCUT2D eigenvalue weighted by molar-refractivity contribution is -0.133. The zero-order valence-electron chi connectivity index (χ0n) is 14.0. The van der Waals surface area contributed by atoms with Crippen molar-refractivity contribution < 1.29 is 14.3 Å². The minimum atomic E-state index is -0.583. The number of carbonyl (C=O) groups excluding carboxylic acids is 2. The Labute approximate surface area is 141 Å². The Morgan fingerprint density at radius 3 is 2.67 bits per heavy atom. The highest BCUT2D eigenvalue weighted by Gasteiger charge is 2.36. The third-order valence-electron chi connectivity index (χ3n) is 4.55. The first-order valence-electron chi connectivity index (χ1n) is 8.62. The number of likely N-dealkylation sites (tertiary alicyclic amines) is 1. The molecule has 0 saturated carbocycles. The van der Waals surface area contributed by atoms with E-state index in [0.29, 0.717) is 23.8 Å². The van der Waals surface area contributed by atoms with Crippen molar-refractivity contribution in [3.05, 3.63) is 12.1 Å². The smallest absolute Gasteiger partial charge is 0.269 e. The van der Waals surface area contributed by atoms with E-state index in [9.17, 15) is 9.59 Å². The van der Waals surface area contributed by atoms with Crippen molar-refractivity contribution in [3.63, 3.8) is 0 Å². The molecule has 0 aliphatic carbocycles. The number of nitrogen functional groups attached to an aromatic ring is 1. The second-order valence-electron chi connectivity index (χ2n) is 6.29. The van der Waals surface area contributed by atoms with Gasteiger partial charge >= 0.3 is 0 Å². The van der Waals surface area contributed by atoms with Gasteiger partial charge in [-0.05, 0) is 31.4 Å². The second-order valence-corrected chi connectivity index (χ2v) is 6.29. The number of aromatic nitrogens is 1. The molecule has 2 aliphatic rings. The summed E-state index contributed by atoms with van der Waals surface area (Å²) in [6.45, 7) is 3.38. The first kappa shape index (κ1) is 16.5. The Morgan fingerprint density at radius 2 is 2.00 bits per heavy atom. The van der Waals surface area contributed by atoms with E-state index in [1.165, 1.54) is 4.90 Å². The van der Waals surface area contributed by atoms with Gasteiger partial charge in [0.25, 0.3) is 5.91 Å². The quantitative estimate of drug-likeness (QED) is 0.907. The minimum absolute atomic E-state index is 0.0118. The summed E-state index contributed by atoms with van der Waals surface area (Å²) in [6.07, 6.45) is 4.29. The molecule has 1 unspecified atom stereocenters. The summed E-state index contributed by atoms with van der Waals surface area (Å²) in [5, 5.41) is 0. The molecule has 1 aromatic heterocycles. The van der Waals surface area contributed by atoms with Gasteiger partial charge in [-0.1, -0.05) is 19.8 Å². The van der Waals surface area contributed by atoms with Crippen LogP contribution < -0.4 is 15.4 Å². The Kier molecular flexibility index (Phi) is 4.87. The Hall–Kier alpha value is -2.31. The molecule has 1 fully saturated rings. The topological polar surface area (TPSA) is 88.8 Å². The molecule has 7 heteroatoms. The van der Waals surface area contributed by atoms with Crippen LogP contribution in [0.3, 0.4) is 0 Å². The Balaban J connectivity index is 1.83. The molecule has 1 aromatic rings. The van der Waals surface area contributed by atoms with Crippen molar-refractivity contribution in [1.29, 1.82) is 0 Å². The fourth-order valence-corrected chi connectivity index (χ4v) is 3.18. The molecular weight excluding hydrogens is 308 g/mol. The lowest BCUT2D eigenvalue weighted by Crippen LogP contribution is -2.50. The highest BCUT2D eigenvalue weighted by atomic mass is 16.5. The van der Waals surface area contributed by atoms with E-state index in [-0.39, 0.29) is 18.4 Å². The van der Waals surface area contributed by atoms with Crippen LogP contribution in [0, 0.1) is 0 Å². The molecule has 2 aliphatic heterocycles. The fourth-order valence-electron chi connectivity index (χ4n) is 3.18. The number of carbonyl (C=O) groups is 2. The van der Waals surface area contributed by atoms with Gasteiger partial charge < -0.3 is 15.4 Å². The minimum Gasteiger partial charge on any atom is -0.477 e. The number of hydrogen-bond donors (Lipinski definition) is 1. The Bertz CT molecular complexity index is 626. The van der Waals surface area contributed by atoms with Crippen LogP contribution in [-0.2, 0) is 9.59 Å². The number of nitrogens with zero attached hydrogens (tertiary/aromatic N) is 3. The molecule has 24 heavy (non-hydrogen) atoms. The highest BCUT2D eigenvalue weighted by molar-refractivity contribution is 6.03. The van der Waals surface area contributed by atoms with E-state index in [1.54, 1.807) is 12.1 Å². The van der Waals surface area contributed by atoms with Gasteiger partial charge in [-0.2, -0.15) is 0 Å². The molecule has 0 spiro atoms. The summed E-state index contributed by atoms with van der Waals surface area (Å²) in [5.41, 5.74) is 5.75. The normalized spacial score (nSPS) is 21.0. The summed E-state index contributed by atoms with van der Waals surface area (Å²) in [7, 11) is 0. The van der Waals surface area contributed by atoms with Crippen LogP contribution in [0.4, 0.5) is 11.6 Å². The third kappa shape index (κ3) is 3.29. The van der Waals surface area contributed by atoms with Gasteiger partial charge in [0.1, 0.15) is 12.4 Å². The Morgan fingerprint density at radius 1 is 1.29 bits per heavy atom. The van der Waals surface area contributed by atoms with E-state index in [1.807, 2.05) is 11.8 Å². The van der Waals surface area contributed by atoms with Crippen molar-refractivity contribution in [2.45, 2.75) is 45.1 Å². The van der Waals surface area contributed by atoms with Crippen LogP contribution in [-0.4, -0.2) is 47.4 Å². The summed E-state index contributed by atoms with van der Waals surface area (Å²) < 4.78 is 5.69. The van der Waals surface area contributed by atoms with Gasteiger partial charge in [-0.25, -0.2) is 4.98 Å². The van der Waals surface area contributed by atoms with Crippen LogP contribution in [0.5, 0.6) is 5.75 Å². The van der Waals surface area contributed by atoms with Crippen molar-refractivity contribution in [3.8, 4) is 5.75 Å². The monoisotopic (exact) mass is 332 g/mol. The average molecular weight is 332 g/mol. The average Bonchev–Trinajstić information content (AvgIpc) is 2.86. The predicted molar refractivity (Wildman–Crippen MR) is 90.8 cm³/mol. The van der Waals surface area contributed by atoms with E-state index >= 15 is 0 Å². The number of amides is 2. The van der Waals surface area contributed by atoms with Gasteiger partial charge in [-0.15, -0.1) is 0 Å². The van der Waals surface area contributed by atoms with Crippen molar-refractivity contribution >= 4 is 23.5 Å². The maximum atomic E-state index is 12.7. The number of fused-ring (bicyclic) bond motifs is 1. The summed E-state index contributed by atoms with van der Waals surface area (Å²) in [5.74, 6) is 0.864. The summed E-state index contributed by atoms with van der Waals surface area (Å²) >= 11 is 0. The van der Waals surface area contributed by atoms with E-state index < -0.39 is 6.10 Å². The third-order valence-corrected chi connectivity index (χ3v) is 4.55. The van der Waals surface area contributed by atoms with Gasteiger partial charge in [0.05, 0.1) is 0 Å². The van der Waals surface area contributed by atoms with Gasteiger partial charge in [0.2, 0.25) is 5.91 Å². The molecule has 1 saturated heterocycles. The second kappa shape index (κ2) is 7.07. The van der Waals surface area contributed by atoms with Crippen LogP contribution in [0.15, 0.2) is 12.1 Å². The number of nitrogens with two attached hydrogens (primary N) is 1. The van der Waals surface area contributed by atoms with E-state index in [0.717, 1.165) is 38.8 Å². The number of pyridine rings is 1. The predicted octanol–water partition coefficient (Wildman–Crippen LogP) is 1.57. The molecule has 0 aromatic carbocycles. The lowest BCUT2D eigenvalue weighted by Gasteiger charge is -2.34. The standard InChI is InChI=1S/C17H24N4O3/c1-2-12-17(23)21(16-13(24-12)7-8-14(18)19-16)11-15(22)20-9-5-3-4-6-10-20/h7-8,12H,2-6,9-11H2,1H3,(H2,18,19). The van der Waals surface area contributed by atoms with Crippen LogP contribution in [0.2, 0.25) is 0 Å². The lowest BCUT2D eigenvalue weighted by atomic mass is 10.2. The van der Waals surface area contributed by atoms with Gasteiger partial charge in [-0.3, -0.25) is 14.5 Å². The van der Waals surface area contributed by atoms with Crippen molar-refractivity contribution in [1.82, 2.24) is 9.88 Å². The molecule has 0 radical (unpaired) electrons. The van der Waals surface area contributed by atoms with Gasteiger partial charge in [0, 0.05) is 13.1 Å². The van der Waals surface area contributed by atoms with Crippen LogP contribution in [0.1, 0.15) is 39.0 Å². The summed E-state index contributed by atoms with van der Waals surface area (Å²) in [6, 6.07) is 3.34. The molecule has 3 rings (SSSR count). The number of hydrogen-bond acceptors (Lipinski definition) is 5. The number of rotatable bonds is 3.